The number of benzene rings is 2. The van der Waals surface area contributed by atoms with Gasteiger partial charge < -0.3 is 28.4 Å². The van der Waals surface area contributed by atoms with Gasteiger partial charge in [-0.15, -0.1) is 0 Å². The van der Waals surface area contributed by atoms with E-state index in [1.165, 1.54) is 6.26 Å². The molecule has 5 rings (SSSR count). The molecule has 0 spiro atoms. The average Bonchev–Trinajstić information content (AvgIpc) is 3.46. The first kappa shape index (κ1) is 22.6. The van der Waals surface area contributed by atoms with Gasteiger partial charge in [0.05, 0.1) is 20.5 Å². The summed E-state index contributed by atoms with van der Waals surface area (Å²) in [7, 11) is 3.25. The zero-order valence-electron chi connectivity index (χ0n) is 19.8. The van der Waals surface area contributed by atoms with Gasteiger partial charge in [0.1, 0.15) is 35.2 Å². The minimum absolute atomic E-state index is 0.0778. The fraction of sp³-hybridized carbons (Fsp3) is 0.259. The second kappa shape index (κ2) is 9.97. The Morgan fingerprint density at radius 1 is 0.943 bits per heavy atom. The fourth-order valence-corrected chi connectivity index (χ4v) is 4.21. The van der Waals surface area contributed by atoms with Crippen molar-refractivity contribution < 1.29 is 23.4 Å². The topological polar surface area (TPSA) is 77.3 Å². The van der Waals surface area contributed by atoms with E-state index in [9.17, 15) is 4.79 Å². The minimum atomic E-state index is -0.0778. The van der Waals surface area contributed by atoms with E-state index in [1.54, 1.807) is 26.4 Å². The highest BCUT2D eigenvalue weighted by Crippen LogP contribution is 2.29. The van der Waals surface area contributed by atoms with E-state index in [2.05, 4.69) is 11.0 Å². The number of pyridine rings is 1. The summed E-state index contributed by atoms with van der Waals surface area (Å²) in [5.74, 6) is 3.29. The van der Waals surface area contributed by atoms with Crippen LogP contribution < -0.4 is 19.1 Å². The predicted octanol–water partition coefficient (Wildman–Crippen LogP) is 4.39. The van der Waals surface area contributed by atoms with Crippen LogP contribution in [0.5, 0.6) is 17.2 Å². The largest absolute Gasteiger partial charge is 0.497 e. The van der Waals surface area contributed by atoms with Crippen molar-refractivity contribution in [3.05, 3.63) is 78.3 Å². The third-order valence-electron chi connectivity index (χ3n) is 6.10. The third-order valence-corrected chi connectivity index (χ3v) is 6.10. The molecule has 0 aliphatic carbocycles. The molecule has 0 N–H and O–H groups in total. The highest BCUT2D eigenvalue weighted by Gasteiger charge is 2.24. The van der Waals surface area contributed by atoms with E-state index < -0.39 is 0 Å². The Morgan fingerprint density at radius 3 is 2.40 bits per heavy atom. The molecule has 0 bridgehead atoms. The summed E-state index contributed by atoms with van der Waals surface area (Å²) < 4.78 is 22.2. The summed E-state index contributed by atoms with van der Waals surface area (Å²) in [6.07, 6.45) is 1.52. The summed E-state index contributed by atoms with van der Waals surface area (Å²) in [5.41, 5.74) is 1.74. The van der Waals surface area contributed by atoms with Gasteiger partial charge in [0.15, 0.2) is 5.76 Å². The number of furan rings is 1. The van der Waals surface area contributed by atoms with Crippen LogP contribution in [0.15, 0.2) is 71.3 Å². The Balaban J connectivity index is 1.31. The molecule has 0 saturated carbocycles. The van der Waals surface area contributed by atoms with Crippen LogP contribution in [0.1, 0.15) is 16.1 Å². The lowest BCUT2D eigenvalue weighted by atomic mass is 10.2. The van der Waals surface area contributed by atoms with Crippen molar-refractivity contribution in [2.24, 2.45) is 0 Å². The summed E-state index contributed by atoms with van der Waals surface area (Å²) in [4.78, 5) is 21.5. The lowest BCUT2D eigenvalue weighted by Gasteiger charge is -2.35. The van der Waals surface area contributed by atoms with Crippen LogP contribution in [0.3, 0.4) is 0 Å². The molecule has 180 valence electrons. The molecule has 1 aliphatic rings. The molecule has 0 atom stereocenters. The van der Waals surface area contributed by atoms with Crippen LogP contribution in [-0.4, -0.2) is 56.2 Å². The molecule has 35 heavy (non-hydrogen) atoms. The molecule has 2 aromatic heterocycles. The number of fused-ring (bicyclic) bond motifs is 1. The van der Waals surface area contributed by atoms with Crippen LogP contribution in [-0.2, 0) is 6.61 Å². The maximum absolute atomic E-state index is 12.6. The number of rotatable bonds is 7. The summed E-state index contributed by atoms with van der Waals surface area (Å²) in [6, 6.07) is 19.1. The van der Waals surface area contributed by atoms with E-state index in [-0.39, 0.29) is 5.91 Å². The normalized spacial score (nSPS) is 13.7. The lowest BCUT2D eigenvalue weighted by molar-refractivity contribution is 0.0714. The molecule has 8 nitrogen and oxygen atoms in total. The number of carbonyl (C=O) groups excluding carboxylic acids is 1. The number of para-hydroxylation sites is 1. The first-order chi connectivity index (χ1) is 17.1. The van der Waals surface area contributed by atoms with Gasteiger partial charge in [-0.1, -0.05) is 12.1 Å². The molecule has 1 aliphatic heterocycles. The van der Waals surface area contributed by atoms with Crippen LogP contribution in [0.2, 0.25) is 0 Å². The summed E-state index contributed by atoms with van der Waals surface area (Å²) >= 11 is 0. The molecule has 1 fully saturated rings. The van der Waals surface area contributed by atoms with Gasteiger partial charge >= 0.3 is 0 Å². The summed E-state index contributed by atoms with van der Waals surface area (Å²) in [5, 5.41) is 1.00. The molecule has 0 radical (unpaired) electrons. The molecule has 1 saturated heterocycles. The highest BCUT2D eigenvalue weighted by molar-refractivity contribution is 5.91. The number of nitrogens with zero attached hydrogens (tertiary/aromatic N) is 3. The lowest BCUT2D eigenvalue weighted by Crippen LogP contribution is -2.49. The number of amides is 1. The molecule has 1 amide bonds. The van der Waals surface area contributed by atoms with Gasteiger partial charge in [-0.3, -0.25) is 4.79 Å². The Morgan fingerprint density at radius 2 is 1.71 bits per heavy atom. The standard InChI is InChI=1S/C27H27N3O5/c1-32-21-15-19(16-22(17-21)33-2)18-35-23-6-3-5-20-8-9-25(28-26(20)23)29-10-12-30(13-11-29)27(31)24-7-4-14-34-24/h3-9,14-17H,10-13,18H2,1-2H3. The monoisotopic (exact) mass is 473 g/mol. The third kappa shape index (κ3) is 4.87. The van der Waals surface area contributed by atoms with Gasteiger partial charge in [-0.2, -0.15) is 0 Å². The second-order valence-electron chi connectivity index (χ2n) is 8.26. The van der Waals surface area contributed by atoms with Crippen molar-refractivity contribution in [2.75, 3.05) is 45.3 Å². The SMILES string of the molecule is COc1cc(COc2cccc3ccc(N4CCN(C(=O)c5ccco5)CC4)nc23)cc(OC)c1. The van der Waals surface area contributed by atoms with Crippen molar-refractivity contribution in [3.8, 4) is 17.2 Å². The first-order valence-corrected chi connectivity index (χ1v) is 11.5. The fourth-order valence-electron chi connectivity index (χ4n) is 4.21. The molecular formula is C27H27N3O5. The Hall–Kier alpha value is -4.20. The number of hydrogen-bond donors (Lipinski definition) is 0. The van der Waals surface area contributed by atoms with Gasteiger partial charge in [0.25, 0.3) is 5.91 Å². The van der Waals surface area contributed by atoms with Crippen LogP contribution in [0.25, 0.3) is 10.9 Å². The maximum atomic E-state index is 12.6. The van der Waals surface area contributed by atoms with Gasteiger partial charge in [-0.05, 0) is 48.0 Å². The molecule has 0 unspecified atom stereocenters. The van der Waals surface area contributed by atoms with E-state index in [0.717, 1.165) is 22.3 Å². The first-order valence-electron chi connectivity index (χ1n) is 11.5. The molecular weight excluding hydrogens is 446 g/mol. The number of anilines is 1. The Kier molecular flexibility index (Phi) is 6.43. The number of hydrogen-bond acceptors (Lipinski definition) is 7. The number of piperazine rings is 1. The molecule has 8 heteroatoms. The van der Waals surface area contributed by atoms with Crippen molar-refractivity contribution in [3.63, 3.8) is 0 Å². The van der Waals surface area contributed by atoms with E-state index >= 15 is 0 Å². The summed E-state index contributed by atoms with van der Waals surface area (Å²) in [6.45, 7) is 2.95. The van der Waals surface area contributed by atoms with Crippen LogP contribution in [0.4, 0.5) is 5.82 Å². The number of aromatic nitrogens is 1. The van der Waals surface area contributed by atoms with Crippen LogP contribution >= 0.6 is 0 Å². The smallest absolute Gasteiger partial charge is 0.289 e. The second-order valence-corrected chi connectivity index (χ2v) is 8.26. The number of methoxy groups -OCH3 is 2. The maximum Gasteiger partial charge on any atom is 0.289 e. The Bertz CT molecular complexity index is 1290. The predicted molar refractivity (Wildman–Crippen MR) is 132 cm³/mol. The van der Waals surface area contributed by atoms with E-state index in [4.69, 9.17) is 23.6 Å². The molecule has 2 aromatic carbocycles. The Labute approximate surface area is 203 Å². The average molecular weight is 474 g/mol. The van der Waals surface area contributed by atoms with Gasteiger partial charge in [0, 0.05) is 37.6 Å². The van der Waals surface area contributed by atoms with Gasteiger partial charge in [-0.25, -0.2) is 4.98 Å². The van der Waals surface area contributed by atoms with Crippen LogP contribution in [0, 0.1) is 0 Å². The molecule has 4 aromatic rings. The number of carbonyl (C=O) groups is 1. The van der Waals surface area contributed by atoms with Crippen molar-refractivity contribution in [1.29, 1.82) is 0 Å². The highest BCUT2D eigenvalue weighted by atomic mass is 16.5. The quantitative estimate of drug-likeness (QED) is 0.394. The minimum Gasteiger partial charge on any atom is -0.497 e. The van der Waals surface area contributed by atoms with Crippen molar-refractivity contribution in [1.82, 2.24) is 9.88 Å². The van der Waals surface area contributed by atoms with Crippen molar-refractivity contribution >= 4 is 22.6 Å². The van der Waals surface area contributed by atoms with Crippen molar-refractivity contribution in [2.45, 2.75) is 6.61 Å². The van der Waals surface area contributed by atoms with E-state index in [0.29, 0.717) is 55.8 Å². The van der Waals surface area contributed by atoms with Gasteiger partial charge in [0.2, 0.25) is 0 Å². The number of ether oxygens (including phenoxy) is 3. The zero-order chi connectivity index (χ0) is 24.2. The molecule has 3 heterocycles. The van der Waals surface area contributed by atoms with E-state index in [1.807, 2.05) is 47.4 Å². The zero-order valence-corrected chi connectivity index (χ0v) is 19.8.